The van der Waals surface area contributed by atoms with Crippen molar-refractivity contribution in [3.8, 4) is 0 Å². The average Bonchev–Trinajstić information content (AvgIpc) is 2.56. The first-order valence-electron chi connectivity index (χ1n) is 7.01. The molecule has 0 saturated heterocycles. The quantitative estimate of drug-likeness (QED) is 0.544. The first kappa shape index (κ1) is 18.8. The Morgan fingerprint density at radius 2 is 2.17 bits per heavy atom. The molecule has 0 unspecified atom stereocenters. The van der Waals surface area contributed by atoms with Crippen molar-refractivity contribution in [2.75, 3.05) is 17.7 Å². The molecule has 0 bridgehead atoms. The Kier molecular flexibility index (Phi) is 7.08. The minimum Gasteiger partial charge on any atom is -0.462 e. The van der Waals surface area contributed by atoms with Crippen molar-refractivity contribution in [2.24, 2.45) is 0 Å². The second-order valence-electron chi connectivity index (χ2n) is 4.54. The summed E-state index contributed by atoms with van der Waals surface area (Å²) in [7, 11) is 0. The normalized spacial score (nSPS) is 10.3. The van der Waals surface area contributed by atoms with E-state index in [0.717, 1.165) is 16.2 Å². The Hall–Kier alpha value is -1.57. The molecule has 5 nitrogen and oxygen atoms in total. The van der Waals surface area contributed by atoms with Crippen LogP contribution in [0.25, 0.3) is 0 Å². The van der Waals surface area contributed by atoms with Crippen LogP contribution < -0.4 is 5.32 Å². The van der Waals surface area contributed by atoms with Gasteiger partial charge in [-0.1, -0.05) is 39.3 Å². The zero-order valence-corrected chi connectivity index (χ0v) is 15.9. The molecule has 2 rings (SSSR count). The molecule has 0 saturated carbocycles. The molecule has 1 aromatic heterocycles. The number of nitrogens with zero attached hydrogens (tertiary/aromatic N) is 1. The molecule has 1 aromatic carbocycles. The monoisotopic (exact) mass is 428 g/mol. The van der Waals surface area contributed by atoms with Crippen LogP contribution in [-0.4, -0.2) is 29.2 Å². The highest BCUT2D eigenvalue weighted by Crippen LogP contribution is 2.26. The lowest BCUT2D eigenvalue weighted by Gasteiger charge is -2.09. The second-order valence-corrected chi connectivity index (χ2v) is 6.82. The van der Waals surface area contributed by atoms with E-state index in [1.165, 1.54) is 0 Å². The number of aromatic nitrogens is 1. The number of nitrogens with one attached hydrogen (secondary N) is 1. The number of ether oxygens (including phenoxy) is 1. The Labute approximate surface area is 157 Å². The Morgan fingerprint density at radius 1 is 1.38 bits per heavy atom. The van der Waals surface area contributed by atoms with Crippen LogP contribution in [0.4, 0.5) is 5.69 Å². The summed E-state index contributed by atoms with van der Waals surface area (Å²) in [6, 6.07) is 8.46. The van der Waals surface area contributed by atoms with Crippen LogP contribution in [0.1, 0.15) is 17.3 Å². The zero-order chi connectivity index (χ0) is 17.5. The smallest absolute Gasteiger partial charge is 0.340 e. The standard InChI is InChI=1S/C16H14BrClN2O3S/c1-2-23-16(22)11-4-3-7-19-15(11)24-9-14(21)20-13-6-5-10(17)8-12(13)18/h3-8H,2,9H2,1H3,(H,20,21). The average molecular weight is 430 g/mol. The highest BCUT2D eigenvalue weighted by atomic mass is 79.9. The van der Waals surface area contributed by atoms with Crippen LogP contribution in [0.2, 0.25) is 5.02 Å². The van der Waals surface area contributed by atoms with Gasteiger partial charge in [0.05, 0.1) is 28.6 Å². The third kappa shape index (κ3) is 5.22. The summed E-state index contributed by atoms with van der Waals surface area (Å²) in [6.07, 6.45) is 1.56. The number of hydrogen-bond acceptors (Lipinski definition) is 5. The molecule has 126 valence electrons. The summed E-state index contributed by atoms with van der Waals surface area (Å²) >= 11 is 10.5. The highest BCUT2D eigenvalue weighted by Gasteiger charge is 2.15. The number of benzene rings is 1. The van der Waals surface area contributed by atoms with Gasteiger partial charge in [-0.15, -0.1) is 0 Å². The van der Waals surface area contributed by atoms with Crippen LogP contribution in [0.3, 0.4) is 0 Å². The zero-order valence-electron chi connectivity index (χ0n) is 12.7. The van der Waals surface area contributed by atoms with Gasteiger partial charge in [-0.3, -0.25) is 4.79 Å². The number of carbonyl (C=O) groups is 2. The van der Waals surface area contributed by atoms with E-state index in [0.29, 0.717) is 21.3 Å². The fourth-order valence-electron chi connectivity index (χ4n) is 1.78. The molecule has 0 aliphatic carbocycles. The van der Waals surface area contributed by atoms with E-state index < -0.39 is 5.97 Å². The molecule has 0 radical (unpaired) electrons. The third-order valence-electron chi connectivity index (χ3n) is 2.81. The van der Waals surface area contributed by atoms with Gasteiger partial charge >= 0.3 is 5.97 Å². The van der Waals surface area contributed by atoms with Crippen LogP contribution in [0, 0.1) is 0 Å². The lowest BCUT2D eigenvalue weighted by atomic mass is 10.3. The topological polar surface area (TPSA) is 68.3 Å². The first-order chi connectivity index (χ1) is 11.5. The maximum Gasteiger partial charge on any atom is 0.340 e. The number of esters is 1. The van der Waals surface area contributed by atoms with Gasteiger partial charge in [0.1, 0.15) is 5.03 Å². The SMILES string of the molecule is CCOC(=O)c1cccnc1SCC(=O)Nc1ccc(Br)cc1Cl. The van der Waals surface area contributed by atoms with Gasteiger partial charge in [0, 0.05) is 10.7 Å². The number of pyridine rings is 1. The van der Waals surface area contributed by atoms with Crippen molar-refractivity contribution in [1.82, 2.24) is 4.98 Å². The van der Waals surface area contributed by atoms with Gasteiger partial charge in [-0.05, 0) is 37.3 Å². The Morgan fingerprint density at radius 3 is 2.88 bits per heavy atom. The number of halogens is 2. The number of anilines is 1. The van der Waals surface area contributed by atoms with Crippen LogP contribution in [0.15, 0.2) is 46.0 Å². The fraction of sp³-hybridized carbons (Fsp3) is 0.188. The van der Waals surface area contributed by atoms with E-state index in [1.807, 2.05) is 0 Å². The predicted molar refractivity (Wildman–Crippen MR) is 98.7 cm³/mol. The molecule has 0 spiro atoms. The number of rotatable bonds is 6. The minimum atomic E-state index is -0.454. The molecule has 8 heteroatoms. The van der Waals surface area contributed by atoms with Crippen LogP contribution in [0.5, 0.6) is 0 Å². The van der Waals surface area contributed by atoms with Gasteiger partial charge in [-0.2, -0.15) is 0 Å². The summed E-state index contributed by atoms with van der Waals surface area (Å²) in [5.74, 6) is -0.607. The highest BCUT2D eigenvalue weighted by molar-refractivity contribution is 9.10. The van der Waals surface area contributed by atoms with Crippen molar-refractivity contribution in [3.63, 3.8) is 0 Å². The van der Waals surface area contributed by atoms with E-state index >= 15 is 0 Å². The van der Waals surface area contributed by atoms with Gasteiger partial charge in [-0.25, -0.2) is 9.78 Å². The molecule has 0 atom stereocenters. The van der Waals surface area contributed by atoms with E-state index in [2.05, 4.69) is 26.2 Å². The molecule has 1 amide bonds. The molecule has 2 aromatic rings. The molecule has 24 heavy (non-hydrogen) atoms. The summed E-state index contributed by atoms with van der Waals surface area (Å²) in [5, 5.41) is 3.61. The molecule has 1 N–H and O–H groups in total. The maximum atomic E-state index is 12.1. The number of carbonyl (C=O) groups excluding carboxylic acids is 2. The summed E-state index contributed by atoms with van der Waals surface area (Å²) < 4.78 is 5.81. The third-order valence-corrected chi connectivity index (χ3v) is 4.62. The van der Waals surface area contributed by atoms with Gasteiger partial charge in [0.25, 0.3) is 0 Å². The molecular formula is C16H14BrClN2O3S. The Bertz CT molecular complexity index is 758. The van der Waals surface area contributed by atoms with Crippen molar-refractivity contribution < 1.29 is 14.3 Å². The second kappa shape index (κ2) is 9.05. The maximum absolute atomic E-state index is 12.1. The first-order valence-corrected chi connectivity index (χ1v) is 9.16. The number of amides is 1. The summed E-state index contributed by atoms with van der Waals surface area (Å²) in [6.45, 7) is 2.01. The van der Waals surface area contributed by atoms with E-state index in [9.17, 15) is 9.59 Å². The van der Waals surface area contributed by atoms with Gasteiger partial charge < -0.3 is 10.1 Å². The van der Waals surface area contributed by atoms with Crippen molar-refractivity contribution in [1.29, 1.82) is 0 Å². The van der Waals surface area contributed by atoms with Gasteiger partial charge in [0.15, 0.2) is 0 Å². The van der Waals surface area contributed by atoms with Crippen molar-refractivity contribution in [3.05, 3.63) is 51.6 Å². The van der Waals surface area contributed by atoms with Crippen LogP contribution in [-0.2, 0) is 9.53 Å². The fourth-order valence-corrected chi connectivity index (χ4v) is 3.28. The molecule has 1 heterocycles. The predicted octanol–water partition coefficient (Wildman–Crippen LogP) is 4.41. The molecule has 0 fully saturated rings. The van der Waals surface area contributed by atoms with Gasteiger partial charge in [0.2, 0.25) is 5.91 Å². The molecular weight excluding hydrogens is 416 g/mol. The number of hydrogen-bond donors (Lipinski definition) is 1. The van der Waals surface area contributed by atoms with Crippen molar-refractivity contribution in [2.45, 2.75) is 11.9 Å². The van der Waals surface area contributed by atoms with Crippen LogP contribution >= 0.6 is 39.3 Å². The van der Waals surface area contributed by atoms with Crippen molar-refractivity contribution >= 4 is 56.9 Å². The van der Waals surface area contributed by atoms with E-state index in [1.54, 1.807) is 43.5 Å². The lowest BCUT2D eigenvalue weighted by molar-refractivity contribution is -0.113. The molecule has 0 aliphatic rings. The largest absolute Gasteiger partial charge is 0.462 e. The number of thioether (sulfide) groups is 1. The summed E-state index contributed by atoms with van der Waals surface area (Å²) in [4.78, 5) is 28.1. The van der Waals surface area contributed by atoms with E-state index in [4.69, 9.17) is 16.3 Å². The Balaban J connectivity index is 2.00. The minimum absolute atomic E-state index is 0.0931. The summed E-state index contributed by atoms with van der Waals surface area (Å²) in [5.41, 5.74) is 0.871. The lowest BCUT2D eigenvalue weighted by Crippen LogP contribution is -2.15. The van der Waals surface area contributed by atoms with E-state index in [-0.39, 0.29) is 18.3 Å². The molecule has 0 aliphatic heterocycles.